The summed E-state index contributed by atoms with van der Waals surface area (Å²) in [5.41, 5.74) is 0.646. The highest BCUT2D eigenvalue weighted by Crippen LogP contribution is 2.22. The second-order valence-corrected chi connectivity index (χ2v) is 6.83. The van der Waals surface area contributed by atoms with Gasteiger partial charge >= 0.3 is 0 Å². The fraction of sp³-hybridized carbons (Fsp3) is 0.250. The zero-order valence-electron chi connectivity index (χ0n) is 15.2. The lowest BCUT2D eigenvalue weighted by Crippen LogP contribution is -2.32. The van der Waals surface area contributed by atoms with Crippen LogP contribution in [0, 0.1) is 5.82 Å². The van der Waals surface area contributed by atoms with Crippen LogP contribution in [0.25, 0.3) is 16.6 Å². The zero-order valence-corrected chi connectivity index (χ0v) is 16.0. The fourth-order valence-electron chi connectivity index (χ4n) is 2.85. The molecular weight excluding hydrogens is 365 g/mol. The van der Waals surface area contributed by atoms with Crippen molar-refractivity contribution in [2.75, 3.05) is 18.8 Å². The minimum absolute atomic E-state index is 0.0294. The molecule has 0 spiro atoms. The van der Waals surface area contributed by atoms with E-state index in [-0.39, 0.29) is 17.2 Å². The van der Waals surface area contributed by atoms with Crippen molar-refractivity contribution in [2.24, 2.45) is 0 Å². The van der Waals surface area contributed by atoms with Gasteiger partial charge in [-0.05, 0) is 44.2 Å². The van der Waals surface area contributed by atoms with E-state index in [4.69, 9.17) is 0 Å². The first-order valence-electron chi connectivity index (χ1n) is 8.73. The third kappa shape index (κ3) is 4.03. The summed E-state index contributed by atoms with van der Waals surface area (Å²) in [5.74, 6) is -0.317. The van der Waals surface area contributed by atoms with Crippen LogP contribution in [0.2, 0.25) is 0 Å². The molecule has 0 aliphatic carbocycles. The highest BCUT2D eigenvalue weighted by Gasteiger charge is 2.16. The molecule has 0 radical (unpaired) electrons. The molecule has 3 aromatic rings. The molecule has 0 bridgehead atoms. The van der Waals surface area contributed by atoms with Crippen LogP contribution in [-0.2, 0) is 4.79 Å². The second-order valence-electron chi connectivity index (χ2n) is 5.89. The Morgan fingerprint density at radius 1 is 1.15 bits per heavy atom. The number of aromatic nitrogens is 2. The summed E-state index contributed by atoms with van der Waals surface area (Å²) in [6.07, 6.45) is 0. The number of thioether (sulfide) groups is 1. The molecule has 3 rings (SSSR count). The van der Waals surface area contributed by atoms with Crippen LogP contribution in [0.4, 0.5) is 4.39 Å². The molecule has 0 atom stereocenters. The summed E-state index contributed by atoms with van der Waals surface area (Å²) in [7, 11) is 0. The highest BCUT2D eigenvalue weighted by molar-refractivity contribution is 7.99. The molecule has 0 unspecified atom stereocenters. The Balaban J connectivity index is 2.09. The summed E-state index contributed by atoms with van der Waals surface area (Å²) in [6.45, 7) is 5.08. The smallest absolute Gasteiger partial charge is 0.266 e. The lowest BCUT2D eigenvalue weighted by atomic mass is 10.2. The van der Waals surface area contributed by atoms with E-state index in [0.717, 1.165) is 0 Å². The molecule has 0 aliphatic rings. The average Bonchev–Trinajstić information content (AvgIpc) is 2.67. The average molecular weight is 385 g/mol. The van der Waals surface area contributed by atoms with E-state index < -0.39 is 5.82 Å². The van der Waals surface area contributed by atoms with Crippen molar-refractivity contribution in [3.63, 3.8) is 0 Å². The van der Waals surface area contributed by atoms with Crippen molar-refractivity contribution in [3.05, 3.63) is 64.7 Å². The monoisotopic (exact) mass is 385 g/mol. The summed E-state index contributed by atoms with van der Waals surface area (Å²) in [6, 6.07) is 12.8. The first-order chi connectivity index (χ1) is 13.0. The van der Waals surface area contributed by atoms with Gasteiger partial charge in [-0.3, -0.25) is 14.2 Å². The molecular formula is C20H20FN3O2S. The third-order valence-electron chi connectivity index (χ3n) is 4.25. The van der Waals surface area contributed by atoms with Crippen LogP contribution in [0.1, 0.15) is 13.8 Å². The standard InChI is InChI=1S/C20H20FN3O2S/c1-3-23(4-2)18(25)13-27-20-22-17-11-6-5-10-16(17)19(26)24(20)15-9-7-8-14(21)12-15/h5-12H,3-4,13H2,1-2H3. The van der Waals surface area contributed by atoms with Crippen molar-refractivity contribution in [1.82, 2.24) is 14.5 Å². The molecule has 140 valence electrons. The van der Waals surface area contributed by atoms with E-state index in [2.05, 4.69) is 4.98 Å². The van der Waals surface area contributed by atoms with E-state index in [0.29, 0.717) is 34.8 Å². The Morgan fingerprint density at radius 3 is 2.59 bits per heavy atom. The number of carbonyl (C=O) groups is 1. The lowest BCUT2D eigenvalue weighted by molar-refractivity contribution is -0.127. The first-order valence-corrected chi connectivity index (χ1v) is 9.72. The van der Waals surface area contributed by atoms with Crippen molar-refractivity contribution in [1.29, 1.82) is 0 Å². The number of benzene rings is 2. The molecule has 0 saturated carbocycles. The van der Waals surface area contributed by atoms with Gasteiger partial charge in [0, 0.05) is 13.1 Å². The van der Waals surface area contributed by atoms with E-state index >= 15 is 0 Å². The normalized spacial score (nSPS) is 10.9. The Hall–Kier alpha value is -2.67. The number of hydrogen-bond acceptors (Lipinski definition) is 4. The van der Waals surface area contributed by atoms with E-state index in [1.165, 1.54) is 28.5 Å². The first kappa shape index (κ1) is 19.1. The molecule has 7 heteroatoms. The van der Waals surface area contributed by atoms with Gasteiger partial charge in [-0.25, -0.2) is 9.37 Å². The number of fused-ring (bicyclic) bond motifs is 1. The fourth-order valence-corrected chi connectivity index (χ4v) is 3.76. The molecule has 1 aromatic heterocycles. The Labute approximate surface area is 160 Å². The molecule has 0 fully saturated rings. The molecule has 0 saturated heterocycles. The summed E-state index contributed by atoms with van der Waals surface area (Å²) in [5, 5.41) is 0.811. The van der Waals surface area contributed by atoms with Crippen LogP contribution in [0.15, 0.2) is 58.5 Å². The number of carbonyl (C=O) groups excluding carboxylic acids is 1. The lowest BCUT2D eigenvalue weighted by Gasteiger charge is -2.19. The minimum atomic E-state index is -0.442. The van der Waals surface area contributed by atoms with Crippen LogP contribution in [0.5, 0.6) is 0 Å². The van der Waals surface area contributed by atoms with Crippen LogP contribution in [0.3, 0.4) is 0 Å². The van der Waals surface area contributed by atoms with E-state index in [1.807, 2.05) is 13.8 Å². The highest BCUT2D eigenvalue weighted by atomic mass is 32.2. The Bertz CT molecular complexity index is 1030. The minimum Gasteiger partial charge on any atom is -0.343 e. The largest absolute Gasteiger partial charge is 0.343 e. The van der Waals surface area contributed by atoms with Gasteiger partial charge in [-0.1, -0.05) is 30.0 Å². The number of rotatable bonds is 6. The summed E-state index contributed by atoms with van der Waals surface area (Å²) >= 11 is 1.18. The third-order valence-corrected chi connectivity index (χ3v) is 5.18. The quantitative estimate of drug-likeness (QED) is 0.482. The number of para-hydroxylation sites is 1. The van der Waals surface area contributed by atoms with Crippen molar-refractivity contribution in [3.8, 4) is 5.69 Å². The van der Waals surface area contributed by atoms with Gasteiger partial charge in [-0.15, -0.1) is 0 Å². The maximum Gasteiger partial charge on any atom is 0.266 e. The van der Waals surface area contributed by atoms with Crippen LogP contribution in [-0.4, -0.2) is 39.2 Å². The molecule has 2 aromatic carbocycles. The molecule has 27 heavy (non-hydrogen) atoms. The number of amides is 1. The number of hydrogen-bond donors (Lipinski definition) is 0. The molecule has 1 heterocycles. The van der Waals surface area contributed by atoms with Gasteiger partial charge in [0.2, 0.25) is 5.91 Å². The van der Waals surface area contributed by atoms with Gasteiger partial charge in [-0.2, -0.15) is 0 Å². The van der Waals surface area contributed by atoms with Gasteiger partial charge in [0.1, 0.15) is 5.82 Å². The summed E-state index contributed by atoms with van der Waals surface area (Å²) < 4.78 is 15.1. The van der Waals surface area contributed by atoms with Crippen LogP contribution >= 0.6 is 11.8 Å². The van der Waals surface area contributed by atoms with E-state index in [1.54, 1.807) is 41.3 Å². The number of halogens is 1. The molecule has 0 N–H and O–H groups in total. The number of nitrogens with zero attached hydrogens (tertiary/aromatic N) is 3. The van der Waals surface area contributed by atoms with Crippen molar-refractivity contribution >= 4 is 28.6 Å². The molecule has 1 amide bonds. The Morgan fingerprint density at radius 2 is 1.89 bits per heavy atom. The van der Waals surface area contributed by atoms with E-state index in [9.17, 15) is 14.0 Å². The van der Waals surface area contributed by atoms with Gasteiger partial charge < -0.3 is 4.90 Å². The maximum absolute atomic E-state index is 13.7. The second kappa shape index (κ2) is 8.35. The van der Waals surface area contributed by atoms with Crippen LogP contribution < -0.4 is 5.56 Å². The summed E-state index contributed by atoms with van der Waals surface area (Å²) in [4.78, 5) is 31.7. The topological polar surface area (TPSA) is 55.2 Å². The van der Waals surface area contributed by atoms with Gasteiger partial charge in [0.25, 0.3) is 5.56 Å². The van der Waals surface area contributed by atoms with Gasteiger partial charge in [0.15, 0.2) is 5.16 Å². The Kier molecular flexibility index (Phi) is 5.91. The SMILES string of the molecule is CCN(CC)C(=O)CSc1nc2ccccc2c(=O)n1-c1cccc(F)c1. The van der Waals surface area contributed by atoms with Crippen molar-refractivity contribution in [2.45, 2.75) is 19.0 Å². The predicted molar refractivity (Wildman–Crippen MR) is 106 cm³/mol. The molecule has 5 nitrogen and oxygen atoms in total. The predicted octanol–water partition coefficient (Wildman–Crippen LogP) is 3.49. The van der Waals surface area contributed by atoms with Crippen molar-refractivity contribution < 1.29 is 9.18 Å². The van der Waals surface area contributed by atoms with Gasteiger partial charge in [0.05, 0.1) is 22.3 Å². The molecule has 0 aliphatic heterocycles. The maximum atomic E-state index is 13.7. The zero-order chi connectivity index (χ0) is 19.4.